The highest BCUT2D eigenvalue weighted by Crippen LogP contribution is 2.19. The number of carbonyl (C=O) groups is 1. The van der Waals surface area contributed by atoms with E-state index >= 15 is 0 Å². The number of rotatable bonds is 5. The van der Waals surface area contributed by atoms with Crippen LogP contribution in [0.15, 0.2) is 0 Å². The van der Waals surface area contributed by atoms with Crippen LogP contribution in [-0.4, -0.2) is 49.5 Å². The fourth-order valence-electron chi connectivity index (χ4n) is 2.28. The van der Waals surface area contributed by atoms with E-state index in [2.05, 4.69) is 11.6 Å². The Labute approximate surface area is 103 Å². The summed E-state index contributed by atoms with van der Waals surface area (Å²) in [4.78, 5) is 14.1. The van der Waals surface area contributed by atoms with E-state index in [9.17, 15) is 4.79 Å². The molecule has 1 N–H and O–H groups in total. The van der Waals surface area contributed by atoms with Crippen LogP contribution >= 0.6 is 11.8 Å². The molecule has 0 spiro atoms. The molecule has 94 valence electrons. The number of thioether (sulfide) groups is 1. The molecule has 3 nitrogen and oxygen atoms in total. The quantitative estimate of drug-likeness (QED) is 0.794. The van der Waals surface area contributed by atoms with Crippen molar-refractivity contribution in [3.63, 3.8) is 0 Å². The molecule has 1 amide bonds. The van der Waals surface area contributed by atoms with Crippen LogP contribution in [0.5, 0.6) is 0 Å². The van der Waals surface area contributed by atoms with Gasteiger partial charge in [0.2, 0.25) is 5.91 Å². The van der Waals surface area contributed by atoms with Crippen molar-refractivity contribution < 1.29 is 4.79 Å². The fourth-order valence-corrected chi connectivity index (χ4v) is 2.92. The third-order valence-corrected chi connectivity index (χ3v) is 4.09. The van der Waals surface area contributed by atoms with E-state index in [0.717, 1.165) is 44.1 Å². The maximum absolute atomic E-state index is 12.0. The van der Waals surface area contributed by atoms with Gasteiger partial charge in [0, 0.05) is 24.8 Å². The Kier molecular flexibility index (Phi) is 6.21. The molecule has 1 unspecified atom stereocenters. The van der Waals surface area contributed by atoms with Gasteiger partial charge in [0.1, 0.15) is 0 Å². The molecule has 1 saturated heterocycles. The van der Waals surface area contributed by atoms with Crippen molar-refractivity contribution in [1.29, 1.82) is 0 Å². The van der Waals surface area contributed by atoms with Gasteiger partial charge in [-0.15, -0.1) is 0 Å². The molecule has 1 atom stereocenters. The van der Waals surface area contributed by atoms with E-state index in [1.54, 1.807) is 11.8 Å². The molecule has 0 bridgehead atoms. The molecule has 1 aliphatic heterocycles. The Morgan fingerprint density at radius 3 is 2.62 bits per heavy atom. The highest BCUT2D eigenvalue weighted by molar-refractivity contribution is 7.98. The fraction of sp³-hybridized carbons (Fsp3) is 0.917. The molecule has 1 heterocycles. The normalized spacial score (nSPS) is 19.8. The number of amides is 1. The van der Waals surface area contributed by atoms with Crippen molar-refractivity contribution >= 4 is 17.7 Å². The van der Waals surface area contributed by atoms with Gasteiger partial charge in [-0.3, -0.25) is 4.79 Å². The highest BCUT2D eigenvalue weighted by atomic mass is 32.2. The second-order valence-corrected chi connectivity index (χ2v) is 5.59. The van der Waals surface area contributed by atoms with Crippen LogP contribution in [0.2, 0.25) is 0 Å². The molecule has 0 aromatic rings. The van der Waals surface area contributed by atoms with Crippen molar-refractivity contribution in [2.75, 3.05) is 38.7 Å². The smallest absolute Gasteiger partial charge is 0.226 e. The molecule has 0 aromatic carbocycles. The van der Waals surface area contributed by atoms with Crippen molar-refractivity contribution in [3.05, 3.63) is 0 Å². The van der Waals surface area contributed by atoms with Crippen LogP contribution in [0.4, 0.5) is 0 Å². The van der Waals surface area contributed by atoms with E-state index in [1.165, 1.54) is 0 Å². The first-order valence-electron chi connectivity index (χ1n) is 6.11. The Balaban J connectivity index is 2.32. The number of carbonyl (C=O) groups excluding carboxylic acids is 1. The van der Waals surface area contributed by atoms with Crippen LogP contribution in [0, 0.1) is 11.8 Å². The van der Waals surface area contributed by atoms with Gasteiger partial charge in [0.25, 0.3) is 0 Å². The molecule has 0 aliphatic carbocycles. The number of nitrogens with one attached hydrogen (secondary N) is 1. The van der Waals surface area contributed by atoms with Crippen molar-refractivity contribution in [2.45, 2.75) is 19.8 Å². The maximum Gasteiger partial charge on any atom is 0.226 e. The van der Waals surface area contributed by atoms with Crippen LogP contribution < -0.4 is 5.32 Å². The summed E-state index contributed by atoms with van der Waals surface area (Å²) in [6.45, 7) is 5.02. The molecule has 1 fully saturated rings. The molecule has 1 rings (SSSR count). The number of piperidine rings is 1. The first kappa shape index (κ1) is 13.8. The van der Waals surface area contributed by atoms with Gasteiger partial charge in [-0.05, 0) is 38.6 Å². The number of nitrogens with zero attached hydrogens (tertiary/aromatic N) is 1. The zero-order valence-electron chi connectivity index (χ0n) is 10.7. The molecule has 0 radical (unpaired) electrons. The van der Waals surface area contributed by atoms with Crippen LogP contribution in [0.25, 0.3) is 0 Å². The minimum atomic E-state index is 0.177. The average Bonchev–Trinajstić information content (AvgIpc) is 2.30. The summed E-state index contributed by atoms with van der Waals surface area (Å²) in [6.07, 6.45) is 4.36. The van der Waals surface area contributed by atoms with Gasteiger partial charge in [0.15, 0.2) is 0 Å². The first-order chi connectivity index (χ1) is 7.69. The number of likely N-dealkylation sites (tertiary alicyclic amines) is 1. The van der Waals surface area contributed by atoms with E-state index < -0.39 is 0 Å². The minimum Gasteiger partial charge on any atom is -0.342 e. The average molecular weight is 244 g/mol. The Hall–Kier alpha value is -0.220. The second-order valence-electron chi connectivity index (χ2n) is 4.68. The zero-order valence-corrected chi connectivity index (χ0v) is 11.5. The van der Waals surface area contributed by atoms with E-state index in [1.807, 2.05) is 18.9 Å². The summed E-state index contributed by atoms with van der Waals surface area (Å²) in [5, 5.41) is 3.22. The summed E-state index contributed by atoms with van der Waals surface area (Å²) in [7, 11) is 2.00. The molecule has 1 aliphatic rings. The Bertz CT molecular complexity index is 215. The van der Waals surface area contributed by atoms with Crippen LogP contribution in [0.1, 0.15) is 19.8 Å². The SMILES string of the molecule is CNCC1CCN(C(=O)C(C)CSC)CC1. The molecule has 0 aromatic heterocycles. The first-order valence-corrected chi connectivity index (χ1v) is 7.50. The monoisotopic (exact) mass is 244 g/mol. The summed E-state index contributed by atoms with van der Waals surface area (Å²) in [5.41, 5.74) is 0. The standard InChI is InChI=1S/C12H24N2OS/c1-10(9-16-3)12(15)14-6-4-11(5-7-14)8-13-2/h10-11,13H,4-9H2,1-3H3. The lowest BCUT2D eigenvalue weighted by atomic mass is 9.96. The maximum atomic E-state index is 12.0. The lowest BCUT2D eigenvalue weighted by Gasteiger charge is -2.33. The van der Waals surface area contributed by atoms with Gasteiger partial charge in [-0.1, -0.05) is 6.92 Å². The summed E-state index contributed by atoms with van der Waals surface area (Å²) < 4.78 is 0. The Morgan fingerprint density at radius 1 is 1.50 bits per heavy atom. The summed E-state index contributed by atoms with van der Waals surface area (Å²) in [6, 6.07) is 0. The predicted octanol–water partition coefficient (Wildman–Crippen LogP) is 1.44. The molecular formula is C12H24N2OS. The topological polar surface area (TPSA) is 32.3 Å². The van der Waals surface area contributed by atoms with Gasteiger partial charge in [0.05, 0.1) is 0 Å². The highest BCUT2D eigenvalue weighted by Gasteiger charge is 2.25. The third kappa shape index (κ3) is 3.98. The molecule has 4 heteroatoms. The van der Waals surface area contributed by atoms with Crippen molar-refractivity contribution in [2.24, 2.45) is 11.8 Å². The van der Waals surface area contributed by atoms with Crippen molar-refractivity contribution in [3.8, 4) is 0 Å². The minimum absolute atomic E-state index is 0.177. The van der Waals surface area contributed by atoms with E-state index in [0.29, 0.717) is 5.91 Å². The van der Waals surface area contributed by atoms with Crippen molar-refractivity contribution in [1.82, 2.24) is 10.2 Å². The van der Waals surface area contributed by atoms with E-state index in [4.69, 9.17) is 0 Å². The number of hydrogen-bond acceptors (Lipinski definition) is 3. The molecular weight excluding hydrogens is 220 g/mol. The lowest BCUT2D eigenvalue weighted by Crippen LogP contribution is -2.43. The van der Waals surface area contributed by atoms with Crippen LogP contribution in [-0.2, 0) is 4.79 Å². The molecule has 0 saturated carbocycles. The van der Waals surface area contributed by atoms with Crippen LogP contribution in [0.3, 0.4) is 0 Å². The predicted molar refractivity (Wildman–Crippen MR) is 70.8 cm³/mol. The second kappa shape index (κ2) is 7.17. The lowest BCUT2D eigenvalue weighted by molar-refractivity contribution is -0.135. The van der Waals surface area contributed by atoms with Gasteiger partial charge in [-0.2, -0.15) is 11.8 Å². The Morgan fingerprint density at radius 2 is 2.12 bits per heavy atom. The zero-order chi connectivity index (χ0) is 12.0. The summed E-state index contributed by atoms with van der Waals surface area (Å²) >= 11 is 1.75. The third-order valence-electron chi connectivity index (χ3n) is 3.26. The largest absolute Gasteiger partial charge is 0.342 e. The number of hydrogen-bond donors (Lipinski definition) is 1. The van der Waals surface area contributed by atoms with E-state index in [-0.39, 0.29) is 5.92 Å². The van der Waals surface area contributed by atoms with Gasteiger partial charge in [-0.25, -0.2) is 0 Å². The van der Waals surface area contributed by atoms with Gasteiger partial charge >= 0.3 is 0 Å². The summed E-state index contributed by atoms with van der Waals surface area (Å²) in [5.74, 6) is 2.22. The molecule has 16 heavy (non-hydrogen) atoms. The van der Waals surface area contributed by atoms with Gasteiger partial charge < -0.3 is 10.2 Å².